The van der Waals surface area contributed by atoms with E-state index in [-0.39, 0.29) is 0 Å². The van der Waals surface area contributed by atoms with Gasteiger partial charge in [0.15, 0.2) is 0 Å². The number of benzene rings is 8. The van der Waals surface area contributed by atoms with Crippen LogP contribution in [0.3, 0.4) is 0 Å². The van der Waals surface area contributed by atoms with Crippen molar-refractivity contribution in [1.29, 1.82) is 0 Å². The second-order valence-corrected chi connectivity index (χ2v) is 11.6. The van der Waals surface area contributed by atoms with Gasteiger partial charge in [0, 0.05) is 10.8 Å². The second kappa shape index (κ2) is 8.44. The molecule has 1 aliphatic carbocycles. The first kappa shape index (κ1) is 23.0. The van der Waals surface area contributed by atoms with Crippen LogP contribution in [0, 0.1) is 0 Å². The molecule has 0 fully saturated rings. The first-order valence-corrected chi connectivity index (χ1v) is 14.9. The van der Waals surface area contributed by atoms with Crippen LogP contribution in [0.25, 0.3) is 98.8 Å². The maximum Gasteiger partial charge on any atom is 0.136 e. The van der Waals surface area contributed by atoms with E-state index in [4.69, 9.17) is 4.42 Å². The van der Waals surface area contributed by atoms with Gasteiger partial charge in [0.25, 0.3) is 0 Å². The third kappa shape index (κ3) is 3.11. The monoisotopic (exact) mass is 544 g/mol. The molecule has 9 aromatic rings. The van der Waals surface area contributed by atoms with Gasteiger partial charge in [-0.1, -0.05) is 127 Å². The summed E-state index contributed by atoms with van der Waals surface area (Å²) in [6, 6.07) is 53.0. The third-order valence-electron chi connectivity index (χ3n) is 9.40. The smallest absolute Gasteiger partial charge is 0.136 e. The van der Waals surface area contributed by atoms with E-state index in [1.807, 2.05) is 0 Å². The summed E-state index contributed by atoms with van der Waals surface area (Å²) < 4.78 is 6.51. The molecule has 0 unspecified atom stereocenters. The van der Waals surface area contributed by atoms with E-state index in [2.05, 4.69) is 146 Å². The molecule has 1 nitrogen and oxygen atoms in total. The molecule has 0 saturated carbocycles. The van der Waals surface area contributed by atoms with E-state index in [1.165, 1.54) is 82.2 Å². The molecule has 1 aromatic heterocycles. The fourth-order valence-electron chi connectivity index (χ4n) is 7.56. The first-order valence-electron chi connectivity index (χ1n) is 14.9. The van der Waals surface area contributed by atoms with Gasteiger partial charge in [-0.25, -0.2) is 0 Å². The minimum atomic E-state index is 0.912. The molecule has 0 bridgehead atoms. The van der Waals surface area contributed by atoms with Crippen molar-refractivity contribution in [1.82, 2.24) is 0 Å². The van der Waals surface area contributed by atoms with Crippen LogP contribution in [0.15, 0.2) is 150 Å². The molecule has 8 aromatic carbocycles. The number of hydrogen-bond acceptors (Lipinski definition) is 1. The highest BCUT2D eigenvalue weighted by atomic mass is 16.3. The molecule has 0 spiro atoms. The van der Waals surface area contributed by atoms with Crippen LogP contribution in [0.2, 0.25) is 0 Å². The fourth-order valence-corrected chi connectivity index (χ4v) is 7.56. The highest BCUT2D eigenvalue weighted by Gasteiger charge is 2.25. The van der Waals surface area contributed by atoms with Gasteiger partial charge in [-0.3, -0.25) is 0 Å². The summed E-state index contributed by atoms with van der Waals surface area (Å²) in [5.74, 6) is 0. The van der Waals surface area contributed by atoms with E-state index >= 15 is 0 Å². The summed E-state index contributed by atoms with van der Waals surface area (Å²) in [6.45, 7) is 0. The number of rotatable bonds is 2. The lowest BCUT2D eigenvalue weighted by atomic mass is 9.90. The summed E-state index contributed by atoms with van der Waals surface area (Å²) in [5.41, 5.74) is 12.0. The minimum Gasteiger partial charge on any atom is -0.456 e. The topological polar surface area (TPSA) is 13.1 Å². The standard InChI is InChI=1S/C42H24O/c1-2-11-29-25(8-1)18-19-26-9-5-14-30(39(26)29)28-21-23-37-36(24-28)41-34(16-7-17-38(41)43-37)35-22-20-27-10-6-15-32-31-12-3-4-13-33(31)42(35)40(27)32/h1-24H. The van der Waals surface area contributed by atoms with Gasteiger partial charge in [0.05, 0.1) is 0 Å². The van der Waals surface area contributed by atoms with Gasteiger partial charge in [0.2, 0.25) is 0 Å². The summed E-state index contributed by atoms with van der Waals surface area (Å²) in [5, 5.41) is 10.0. The Morgan fingerprint density at radius 1 is 0.326 bits per heavy atom. The zero-order valence-corrected chi connectivity index (χ0v) is 23.3. The quantitative estimate of drug-likeness (QED) is 0.197. The van der Waals surface area contributed by atoms with Crippen LogP contribution < -0.4 is 0 Å². The Bertz CT molecular complexity index is 2620. The van der Waals surface area contributed by atoms with Crippen LogP contribution in [0.1, 0.15) is 0 Å². The van der Waals surface area contributed by atoms with Crippen molar-refractivity contribution in [3.8, 4) is 44.5 Å². The normalized spacial score (nSPS) is 12.2. The van der Waals surface area contributed by atoms with Gasteiger partial charge in [-0.05, 0) is 95.0 Å². The highest BCUT2D eigenvalue weighted by Crippen LogP contribution is 2.52. The maximum atomic E-state index is 6.51. The molecule has 1 heteroatoms. The van der Waals surface area contributed by atoms with Gasteiger partial charge >= 0.3 is 0 Å². The van der Waals surface area contributed by atoms with Gasteiger partial charge in [0.1, 0.15) is 11.2 Å². The minimum absolute atomic E-state index is 0.912. The molecule has 1 aliphatic rings. The lowest BCUT2D eigenvalue weighted by Gasteiger charge is -2.12. The first-order chi connectivity index (χ1) is 21.3. The van der Waals surface area contributed by atoms with E-state index in [1.54, 1.807) is 0 Å². The Hall–Kier alpha value is -5.66. The molecule has 0 amide bonds. The Morgan fingerprint density at radius 2 is 0.977 bits per heavy atom. The number of fused-ring (bicyclic) bond motifs is 9. The second-order valence-electron chi connectivity index (χ2n) is 11.6. The lowest BCUT2D eigenvalue weighted by molar-refractivity contribution is 0.669. The Labute approximate surface area is 248 Å². The van der Waals surface area contributed by atoms with Crippen molar-refractivity contribution in [2.45, 2.75) is 0 Å². The van der Waals surface area contributed by atoms with Crippen LogP contribution >= 0.6 is 0 Å². The van der Waals surface area contributed by atoms with Crippen molar-refractivity contribution in [3.63, 3.8) is 0 Å². The lowest BCUT2D eigenvalue weighted by Crippen LogP contribution is -1.86. The van der Waals surface area contributed by atoms with Crippen molar-refractivity contribution < 1.29 is 4.42 Å². The van der Waals surface area contributed by atoms with Gasteiger partial charge < -0.3 is 4.42 Å². The molecule has 1 heterocycles. The Balaban J connectivity index is 1.28. The van der Waals surface area contributed by atoms with Crippen LogP contribution in [-0.2, 0) is 0 Å². The predicted molar refractivity (Wildman–Crippen MR) is 182 cm³/mol. The maximum absolute atomic E-state index is 6.51. The Morgan fingerprint density at radius 3 is 1.88 bits per heavy atom. The van der Waals surface area contributed by atoms with E-state index in [0.29, 0.717) is 0 Å². The molecule has 0 aliphatic heterocycles. The van der Waals surface area contributed by atoms with Crippen molar-refractivity contribution in [3.05, 3.63) is 146 Å². The molecule has 0 atom stereocenters. The van der Waals surface area contributed by atoms with E-state index in [0.717, 1.165) is 16.6 Å². The molecular formula is C42H24O. The zero-order valence-electron chi connectivity index (χ0n) is 23.3. The van der Waals surface area contributed by atoms with E-state index in [9.17, 15) is 0 Å². The van der Waals surface area contributed by atoms with Crippen LogP contribution in [-0.4, -0.2) is 0 Å². The number of hydrogen-bond donors (Lipinski definition) is 0. The summed E-state index contributed by atoms with van der Waals surface area (Å²) >= 11 is 0. The number of furan rings is 1. The molecule has 0 radical (unpaired) electrons. The largest absolute Gasteiger partial charge is 0.456 e. The molecular weight excluding hydrogens is 520 g/mol. The SMILES string of the molecule is c1ccc2c(c1)-c1cccc3ccc(-c4cccc5oc6ccc(-c7cccc8ccc9ccccc9c78)cc6c45)c-2c13. The molecule has 10 rings (SSSR count). The average molecular weight is 545 g/mol. The summed E-state index contributed by atoms with van der Waals surface area (Å²) in [4.78, 5) is 0. The average Bonchev–Trinajstić information content (AvgIpc) is 3.62. The van der Waals surface area contributed by atoms with Crippen molar-refractivity contribution in [2.24, 2.45) is 0 Å². The van der Waals surface area contributed by atoms with Gasteiger partial charge in [-0.2, -0.15) is 0 Å². The van der Waals surface area contributed by atoms with Crippen molar-refractivity contribution in [2.75, 3.05) is 0 Å². The summed E-state index contributed by atoms with van der Waals surface area (Å²) in [6.07, 6.45) is 0. The fraction of sp³-hybridized carbons (Fsp3) is 0. The molecule has 0 saturated heterocycles. The summed E-state index contributed by atoms with van der Waals surface area (Å²) in [7, 11) is 0. The highest BCUT2D eigenvalue weighted by molar-refractivity contribution is 6.23. The van der Waals surface area contributed by atoms with Crippen molar-refractivity contribution >= 4 is 54.3 Å². The van der Waals surface area contributed by atoms with Crippen LogP contribution in [0.5, 0.6) is 0 Å². The van der Waals surface area contributed by atoms with Crippen LogP contribution in [0.4, 0.5) is 0 Å². The molecule has 0 N–H and O–H groups in total. The predicted octanol–water partition coefficient (Wildman–Crippen LogP) is 12.0. The zero-order chi connectivity index (χ0) is 28.1. The molecule has 43 heavy (non-hydrogen) atoms. The molecule has 198 valence electrons. The third-order valence-corrected chi connectivity index (χ3v) is 9.40. The van der Waals surface area contributed by atoms with E-state index < -0.39 is 0 Å². The van der Waals surface area contributed by atoms with Gasteiger partial charge in [-0.15, -0.1) is 0 Å². The Kier molecular flexibility index (Phi) is 4.51.